The van der Waals surface area contributed by atoms with Crippen molar-refractivity contribution < 1.29 is 0 Å². The van der Waals surface area contributed by atoms with Crippen molar-refractivity contribution in [3.63, 3.8) is 0 Å². The van der Waals surface area contributed by atoms with E-state index in [0.29, 0.717) is 6.04 Å². The molecule has 0 aliphatic carbocycles. The molecule has 1 heterocycles. The van der Waals surface area contributed by atoms with Gasteiger partial charge in [-0.2, -0.15) is 0 Å². The second-order valence-corrected chi connectivity index (χ2v) is 6.27. The predicted molar refractivity (Wildman–Crippen MR) is 93.3 cm³/mol. The standard InChI is InChI=1S/C18H20N2S/c1-2-14-8-10-16(11-9-14)19-18-20-17(13-21-18)12-15-6-4-3-5-7-15/h3-11,17H,2,12-13H2,1H3,(H,19,20). The van der Waals surface area contributed by atoms with Crippen LogP contribution in [0, 0.1) is 0 Å². The van der Waals surface area contributed by atoms with Gasteiger partial charge < -0.3 is 5.32 Å². The van der Waals surface area contributed by atoms with Gasteiger partial charge in [-0.1, -0.05) is 61.2 Å². The number of anilines is 1. The van der Waals surface area contributed by atoms with E-state index >= 15 is 0 Å². The SMILES string of the molecule is CCc1ccc(NC2=NC(Cc3ccccc3)CS2)cc1. The normalized spacial score (nSPS) is 17.6. The minimum Gasteiger partial charge on any atom is -0.335 e. The molecule has 3 rings (SSSR count). The average molecular weight is 296 g/mol. The van der Waals surface area contributed by atoms with E-state index in [4.69, 9.17) is 4.99 Å². The van der Waals surface area contributed by atoms with Crippen LogP contribution in [0.15, 0.2) is 59.6 Å². The highest BCUT2D eigenvalue weighted by Crippen LogP contribution is 2.23. The molecule has 0 aromatic heterocycles. The van der Waals surface area contributed by atoms with Crippen LogP contribution in [0.5, 0.6) is 0 Å². The Hall–Kier alpha value is -1.74. The van der Waals surface area contributed by atoms with Crippen LogP contribution in [-0.2, 0) is 12.8 Å². The van der Waals surface area contributed by atoms with Gasteiger partial charge in [0, 0.05) is 11.4 Å². The van der Waals surface area contributed by atoms with E-state index in [-0.39, 0.29) is 0 Å². The zero-order chi connectivity index (χ0) is 14.5. The van der Waals surface area contributed by atoms with Crippen LogP contribution in [0.25, 0.3) is 0 Å². The average Bonchev–Trinajstić information content (AvgIpc) is 2.96. The molecule has 0 spiro atoms. The number of hydrogen-bond acceptors (Lipinski definition) is 3. The molecule has 1 aliphatic rings. The molecular weight excluding hydrogens is 276 g/mol. The lowest BCUT2D eigenvalue weighted by atomic mass is 10.1. The van der Waals surface area contributed by atoms with E-state index in [1.807, 2.05) is 11.8 Å². The Balaban J connectivity index is 1.60. The molecule has 1 unspecified atom stereocenters. The maximum absolute atomic E-state index is 4.79. The van der Waals surface area contributed by atoms with Gasteiger partial charge in [0.25, 0.3) is 0 Å². The van der Waals surface area contributed by atoms with Crippen molar-refractivity contribution in [1.82, 2.24) is 0 Å². The van der Waals surface area contributed by atoms with Crippen molar-refractivity contribution in [3.8, 4) is 0 Å². The summed E-state index contributed by atoms with van der Waals surface area (Å²) in [5, 5.41) is 4.46. The van der Waals surface area contributed by atoms with Crippen LogP contribution in [0.4, 0.5) is 5.69 Å². The van der Waals surface area contributed by atoms with Crippen molar-refractivity contribution in [2.45, 2.75) is 25.8 Å². The molecule has 0 saturated heterocycles. The fourth-order valence-corrected chi connectivity index (χ4v) is 3.38. The first-order valence-electron chi connectivity index (χ1n) is 7.44. The number of aliphatic imine (C=N–C) groups is 1. The van der Waals surface area contributed by atoms with Gasteiger partial charge in [0.1, 0.15) is 0 Å². The summed E-state index contributed by atoms with van der Waals surface area (Å²) in [6.07, 6.45) is 2.10. The highest BCUT2D eigenvalue weighted by Gasteiger charge is 2.18. The van der Waals surface area contributed by atoms with E-state index in [1.165, 1.54) is 11.1 Å². The van der Waals surface area contributed by atoms with Crippen LogP contribution in [0.3, 0.4) is 0 Å². The maximum atomic E-state index is 4.79. The third-order valence-electron chi connectivity index (χ3n) is 3.64. The molecular formula is C18H20N2S. The Bertz CT molecular complexity index is 605. The highest BCUT2D eigenvalue weighted by molar-refractivity contribution is 8.14. The second-order valence-electron chi connectivity index (χ2n) is 5.26. The number of aryl methyl sites for hydroxylation is 1. The van der Waals surface area contributed by atoms with Crippen molar-refractivity contribution in [1.29, 1.82) is 0 Å². The van der Waals surface area contributed by atoms with E-state index in [2.05, 4.69) is 66.8 Å². The van der Waals surface area contributed by atoms with Crippen LogP contribution in [0.1, 0.15) is 18.1 Å². The maximum Gasteiger partial charge on any atom is 0.161 e. The summed E-state index contributed by atoms with van der Waals surface area (Å²) in [6.45, 7) is 2.17. The summed E-state index contributed by atoms with van der Waals surface area (Å²) in [7, 11) is 0. The van der Waals surface area contributed by atoms with Gasteiger partial charge in [0.05, 0.1) is 6.04 Å². The van der Waals surface area contributed by atoms with Crippen molar-refractivity contribution in [2.75, 3.05) is 11.1 Å². The van der Waals surface area contributed by atoms with E-state index in [9.17, 15) is 0 Å². The molecule has 21 heavy (non-hydrogen) atoms. The van der Waals surface area contributed by atoms with Crippen molar-refractivity contribution in [2.24, 2.45) is 4.99 Å². The fourth-order valence-electron chi connectivity index (χ4n) is 2.42. The van der Waals surface area contributed by atoms with Gasteiger partial charge in [0.15, 0.2) is 5.17 Å². The van der Waals surface area contributed by atoms with E-state index < -0.39 is 0 Å². The smallest absolute Gasteiger partial charge is 0.161 e. The number of thioether (sulfide) groups is 1. The lowest BCUT2D eigenvalue weighted by Crippen LogP contribution is -2.08. The first-order chi connectivity index (χ1) is 10.3. The molecule has 0 fully saturated rings. The molecule has 1 aliphatic heterocycles. The number of benzene rings is 2. The van der Waals surface area contributed by atoms with Gasteiger partial charge >= 0.3 is 0 Å². The van der Waals surface area contributed by atoms with Gasteiger partial charge in [-0.25, -0.2) is 0 Å². The first kappa shape index (κ1) is 14.2. The zero-order valence-corrected chi connectivity index (χ0v) is 13.1. The van der Waals surface area contributed by atoms with E-state index in [0.717, 1.165) is 29.4 Å². The van der Waals surface area contributed by atoms with Crippen LogP contribution in [0.2, 0.25) is 0 Å². The van der Waals surface area contributed by atoms with Gasteiger partial charge in [-0.3, -0.25) is 4.99 Å². The molecule has 1 atom stereocenters. The molecule has 1 N–H and O–H groups in total. The molecule has 2 aromatic rings. The summed E-state index contributed by atoms with van der Waals surface area (Å²) in [5.41, 5.74) is 3.85. The minimum absolute atomic E-state index is 0.384. The predicted octanol–water partition coefficient (Wildman–Crippen LogP) is 4.38. The first-order valence-corrected chi connectivity index (χ1v) is 8.42. The Morgan fingerprint density at radius 3 is 2.52 bits per heavy atom. The van der Waals surface area contributed by atoms with E-state index in [1.54, 1.807) is 0 Å². The Morgan fingerprint density at radius 1 is 1.05 bits per heavy atom. The number of hydrogen-bond donors (Lipinski definition) is 1. The molecule has 0 saturated carbocycles. The second kappa shape index (κ2) is 6.81. The summed E-state index contributed by atoms with van der Waals surface area (Å²) in [6, 6.07) is 19.6. The summed E-state index contributed by atoms with van der Waals surface area (Å²) >= 11 is 1.81. The monoisotopic (exact) mass is 296 g/mol. The summed E-state index contributed by atoms with van der Waals surface area (Å²) in [5.74, 6) is 1.06. The molecule has 3 heteroatoms. The Labute approximate surface area is 130 Å². The Morgan fingerprint density at radius 2 is 1.81 bits per heavy atom. The van der Waals surface area contributed by atoms with Gasteiger partial charge in [-0.05, 0) is 36.1 Å². The molecule has 2 aromatic carbocycles. The Kier molecular flexibility index (Phi) is 4.61. The summed E-state index contributed by atoms with van der Waals surface area (Å²) < 4.78 is 0. The molecule has 0 bridgehead atoms. The molecule has 0 amide bonds. The van der Waals surface area contributed by atoms with Crippen molar-refractivity contribution >= 4 is 22.6 Å². The quantitative estimate of drug-likeness (QED) is 0.905. The number of rotatable bonds is 4. The number of nitrogens with zero attached hydrogens (tertiary/aromatic N) is 1. The summed E-state index contributed by atoms with van der Waals surface area (Å²) in [4.78, 5) is 4.79. The minimum atomic E-state index is 0.384. The van der Waals surface area contributed by atoms with Gasteiger partial charge in [-0.15, -0.1) is 0 Å². The zero-order valence-electron chi connectivity index (χ0n) is 12.3. The molecule has 0 radical (unpaired) electrons. The number of nitrogens with one attached hydrogen (secondary N) is 1. The molecule has 2 nitrogen and oxygen atoms in total. The lowest BCUT2D eigenvalue weighted by Gasteiger charge is -2.06. The lowest BCUT2D eigenvalue weighted by molar-refractivity contribution is 0.762. The largest absolute Gasteiger partial charge is 0.335 e. The van der Waals surface area contributed by atoms with Crippen LogP contribution in [-0.4, -0.2) is 17.0 Å². The van der Waals surface area contributed by atoms with Crippen molar-refractivity contribution in [3.05, 3.63) is 65.7 Å². The third-order valence-corrected chi connectivity index (χ3v) is 4.67. The van der Waals surface area contributed by atoms with Crippen LogP contribution >= 0.6 is 11.8 Å². The van der Waals surface area contributed by atoms with Crippen LogP contribution < -0.4 is 5.32 Å². The number of amidine groups is 1. The molecule has 108 valence electrons. The topological polar surface area (TPSA) is 24.4 Å². The third kappa shape index (κ3) is 3.88. The fraction of sp³-hybridized carbons (Fsp3) is 0.278. The highest BCUT2D eigenvalue weighted by atomic mass is 32.2. The van der Waals surface area contributed by atoms with Gasteiger partial charge in [0.2, 0.25) is 0 Å².